The number of hydrogen-bond donors (Lipinski definition) is 1. The summed E-state index contributed by atoms with van der Waals surface area (Å²) < 4.78 is 11.1. The number of methoxy groups -OCH3 is 1. The van der Waals surface area contributed by atoms with Gasteiger partial charge in [-0.15, -0.1) is 0 Å². The van der Waals surface area contributed by atoms with Gasteiger partial charge in [0.15, 0.2) is 0 Å². The van der Waals surface area contributed by atoms with Gasteiger partial charge in [-0.2, -0.15) is 0 Å². The molecule has 0 bridgehead atoms. The van der Waals surface area contributed by atoms with Crippen LogP contribution in [0.2, 0.25) is 0 Å². The summed E-state index contributed by atoms with van der Waals surface area (Å²) in [5.74, 6) is 2.85. The van der Waals surface area contributed by atoms with Crippen LogP contribution in [-0.4, -0.2) is 25.5 Å². The summed E-state index contributed by atoms with van der Waals surface area (Å²) in [4.78, 5) is 10.9. The highest BCUT2D eigenvalue weighted by Gasteiger charge is 2.25. The number of carbonyl (C=O) groups is 1. The van der Waals surface area contributed by atoms with Gasteiger partial charge in [-0.25, -0.2) is 0 Å². The fourth-order valence-corrected chi connectivity index (χ4v) is 2.52. The first-order valence-electron chi connectivity index (χ1n) is 8.95. The molecule has 0 aliphatic heterocycles. The van der Waals surface area contributed by atoms with Crippen molar-refractivity contribution in [1.29, 1.82) is 0 Å². The Morgan fingerprint density at radius 3 is 2.29 bits per heavy atom. The average molecular weight is 335 g/mol. The molecule has 0 heterocycles. The van der Waals surface area contributed by atoms with Gasteiger partial charge in [0.1, 0.15) is 17.3 Å². The summed E-state index contributed by atoms with van der Waals surface area (Å²) in [7, 11) is 1.67. The van der Waals surface area contributed by atoms with Gasteiger partial charge in [-0.3, -0.25) is 0 Å². The molecule has 0 spiro atoms. The number of ether oxygens (including phenoxy) is 2. The fourth-order valence-electron chi connectivity index (χ4n) is 2.52. The Kier molecular flexibility index (Phi) is 8.83. The Bertz CT molecular complexity index is 526. The van der Waals surface area contributed by atoms with E-state index in [1.807, 2.05) is 12.1 Å². The molecule has 4 nitrogen and oxygen atoms in total. The van der Waals surface area contributed by atoms with Crippen molar-refractivity contribution < 1.29 is 14.3 Å². The highest BCUT2D eigenvalue weighted by atomic mass is 16.5. The number of carbonyl (C=O) groups excluding carboxylic acids is 1. The minimum absolute atomic E-state index is 0.144. The van der Waals surface area contributed by atoms with E-state index in [2.05, 4.69) is 20.8 Å². The summed E-state index contributed by atoms with van der Waals surface area (Å²) in [6.45, 7) is 8.81. The second-order valence-electron chi connectivity index (χ2n) is 6.85. The molecule has 0 saturated carbocycles. The molecule has 1 aliphatic rings. The molecule has 1 aromatic carbocycles. The third-order valence-corrected chi connectivity index (χ3v) is 4.24. The molecule has 1 atom stereocenters. The van der Waals surface area contributed by atoms with E-state index in [0.29, 0.717) is 13.0 Å². The number of benzene rings is 1. The van der Waals surface area contributed by atoms with Gasteiger partial charge in [-0.05, 0) is 44.2 Å². The molecule has 1 unspecified atom stereocenters. The number of fused-ring (bicyclic) bond motifs is 1. The number of Topliss-reactive ketones (excluding diaryl/α,β-unsaturated/α-hetero) is 1. The second-order valence-corrected chi connectivity index (χ2v) is 6.85. The third-order valence-electron chi connectivity index (χ3n) is 4.24. The van der Waals surface area contributed by atoms with E-state index in [0.717, 1.165) is 42.2 Å². The molecule has 24 heavy (non-hydrogen) atoms. The molecule has 4 heteroatoms. The Morgan fingerprint density at radius 2 is 1.79 bits per heavy atom. The fraction of sp³-hybridized carbons (Fsp3) is 0.650. The van der Waals surface area contributed by atoms with E-state index in [-0.39, 0.29) is 11.8 Å². The van der Waals surface area contributed by atoms with Crippen LogP contribution in [0, 0.1) is 5.92 Å². The second kappa shape index (κ2) is 10.3. The molecule has 136 valence electrons. The lowest BCUT2D eigenvalue weighted by molar-refractivity contribution is -0.117. The molecular formula is C20H33NO3. The summed E-state index contributed by atoms with van der Waals surface area (Å²) in [5, 5.41) is 0. The maximum Gasteiger partial charge on any atom is 0.129 e. The summed E-state index contributed by atoms with van der Waals surface area (Å²) in [6.07, 6.45) is 4.29. The van der Waals surface area contributed by atoms with Crippen LogP contribution in [0.25, 0.3) is 0 Å². The van der Waals surface area contributed by atoms with Gasteiger partial charge in [0.25, 0.3) is 0 Å². The van der Waals surface area contributed by atoms with Gasteiger partial charge in [-0.1, -0.05) is 27.2 Å². The number of ketones is 1. The molecule has 0 radical (unpaired) electrons. The van der Waals surface area contributed by atoms with Crippen LogP contribution < -0.4 is 15.2 Å². The van der Waals surface area contributed by atoms with Crippen molar-refractivity contribution in [2.24, 2.45) is 11.7 Å². The molecule has 0 aromatic heterocycles. The SMILES string of the molecule is CCC(C)C.COc1ccc(OCCCC(C)=O)c2c1CC(N)C2. The van der Waals surface area contributed by atoms with Crippen molar-refractivity contribution in [3.63, 3.8) is 0 Å². The van der Waals surface area contributed by atoms with Crippen molar-refractivity contribution >= 4 is 5.78 Å². The predicted octanol–water partition coefficient (Wildman–Crippen LogP) is 3.92. The van der Waals surface area contributed by atoms with Gasteiger partial charge in [0, 0.05) is 23.6 Å². The first-order chi connectivity index (χ1) is 11.4. The summed E-state index contributed by atoms with van der Waals surface area (Å²) >= 11 is 0. The largest absolute Gasteiger partial charge is 0.496 e. The zero-order valence-corrected chi connectivity index (χ0v) is 15.9. The van der Waals surface area contributed by atoms with Crippen LogP contribution in [-0.2, 0) is 17.6 Å². The lowest BCUT2D eigenvalue weighted by Gasteiger charge is -2.13. The normalized spacial score (nSPS) is 15.5. The average Bonchev–Trinajstić information content (AvgIpc) is 2.93. The van der Waals surface area contributed by atoms with Crippen LogP contribution in [0.1, 0.15) is 58.1 Å². The Balaban J connectivity index is 0.000000505. The van der Waals surface area contributed by atoms with E-state index >= 15 is 0 Å². The van der Waals surface area contributed by atoms with E-state index < -0.39 is 0 Å². The Labute approximate surface area is 146 Å². The zero-order valence-electron chi connectivity index (χ0n) is 15.9. The molecule has 1 aliphatic carbocycles. The van der Waals surface area contributed by atoms with E-state index in [1.54, 1.807) is 14.0 Å². The zero-order chi connectivity index (χ0) is 18.1. The van der Waals surface area contributed by atoms with Crippen LogP contribution >= 0.6 is 0 Å². The van der Waals surface area contributed by atoms with Crippen molar-refractivity contribution in [2.75, 3.05) is 13.7 Å². The van der Waals surface area contributed by atoms with Crippen LogP contribution in [0.15, 0.2) is 12.1 Å². The van der Waals surface area contributed by atoms with Gasteiger partial charge < -0.3 is 20.0 Å². The van der Waals surface area contributed by atoms with E-state index in [4.69, 9.17) is 15.2 Å². The molecule has 1 aromatic rings. The molecule has 0 fully saturated rings. The predicted molar refractivity (Wildman–Crippen MR) is 98.9 cm³/mol. The quantitative estimate of drug-likeness (QED) is 0.767. The first kappa shape index (κ1) is 20.5. The molecule has 0 saturated heterocycles. The lowest BCUT2D eigenvalue weighted by Crippen LogP contribution is -2.19. The highest BCUT2D eigenvalue weighted by molar-refractivity contribution is 5.75. The molecule has 0 amide bonds. The number of rotatable bonds is 7. The van der Waals surface area contributed by atoms with Crippen molar-refractivity contribution in [2.45, 2.75) is 65.8 Å². The number of nitrogens with two attached hydrogens (primary N) is 1. The van der Waals surface area contributed by atoms with Crippen LogP contribution in [0.4, 0.5) is 0 Å². The molecule has 2 rings (SSSR count). The summed E-state index contributed by atoms with van der Waals surface area (Å²) in [6, 6.07) is 4.01. The van der Waals surface area contributed by atoms with Gasteiger partial charge in [0.2, 0.25) is 0 Å². The lowest BCUT2D eigenvalue weighted by atomic mass is 10.1. The first-order valence-corrected chi connectivity index (χ1v) is 8.95. The Morgan fingerprint density at radius 1 is 1.25 bits per heavy atom. The van der Waals surface area contributed by atoms with Crippen molar-refractivity contribution in [1.82, 2.24) is 0 Å². The van der Waals surface area contributed by atoms with Crippen molar-refractivity contribution in [3.05, 3.63) is 23.3 Å². The minimum atomic E-state index is 0.144. The van der Waals surface area contributed by atoms with Crippen LogP contribution in [0.5, 0.6) is 11.5 Å². The van der Waals surface area contributed by atoms with Crippen LogP contribution in [0.3, 0.4) is 0 Å². The molecule has 2 N–H and O–H groups in total. The molecular weight excluding hydrogens is 302 g/mol. The monoisotopic (exact) mass is 335 g/mol. The topological polar surface area (TPSA) is 61.5 Å². The third kappa shape index (κ3) is 6.52. The summed E-state index contributed by atoms with van der Waals surface area (Å²) in [5.41, 5.74) is 8.34. The standard InChI is InChI=1S/C15H21NO3.C5H12/c1-10(17)4-3-7-19-15-6-5-14(18-2)12-8-11(16)9-13(12)15;1-4-5(2)3/h5-6,11H,3-4,7-9,16H2,1-2H3;5H,4H2,1-3H3. The van der Waals surface area contributed by atoms with Gasteiger partial charge >= 0.3 is 0 Å². The number of hydrogen-bond acceptors (Lipinski definition) is 4. The highest BCUT2D eigenvalue weighted by Crippen LogP contribution is 2.36. The van der Waals surface area contributed by atoms with Gasteiger partial charge in [0.05, 0.1) is 13.7 Å². The minimum Gasteiger partial charge on any atom is -0.496 e. The Hall–Kier alpha value is -1.55. The maximum absolute atomic E-state index is 10.9. The maximum atomic E-state index is 10.9. The van der Waals surface area contributed by atoms with E-state index in [9.17, 15) is 4.79 Å². The van der Waals surface area contributed by atoms with E-state index in [1.165, 1.54) is 12.0 Å². The van der Waals surface area contributed by atoms with Crippen molar-refractivity contribution in [3.8, 4) is 11.5 Å². The smallest absolute Gasteiger partial charge is 0.129 e.